The molecule has 0 saturated heterocycles. The van der Waals surface area contributed by atoms with Crippen LogP contribution in [-0.2, 0) is 17.5 Å². The predicted octanol–water partition coefficient (Wildman–Crippen LogP) is 4.32. The van der Waals surface area contributed by atoms with E-state index in [0.29, 0.717) is 28.8 Å². The monoisotopic (exact) mass is 462 g/mol. The molecule has 2 aromatic heterocycles. The summed E-state index contributed by atoms with van der Waals surface area (Å²) in [5, 5.41) is 6.39. The van der Waals surface area contributed by atoms with Crippen molar-refractivity contribution in [1.82, 2.24) is 19.5 Å². The highest BCUT2D eigenvalue weighted by Gasteiger charge is 2.30. The number of carbonyl (C=O) groups is 1. The zero-order chi connectivity index (χ0) is 23.8. The Bertz CT molecular complexity index is 1160. The van der Waals surface area contributed by atoms with Crippen molar-refractivity contribution < 1.29 is 22.7 Å². The van der Waals surface area contributed by atoms with Crippen LogP contribution in [0.3, 0.4) is 0 Å². The number of imidazole rings is 1. The van der Waals surface area contributed by atoms with E-state index in [-0.39, 0.29) is 24.1 Å². The van der Waals surface area contributed by atoms with Gasteiger partial charge in [0.1, 0.15) is 5.52 Å². The van der Waals surface area contributed by atoms with Crippen molar-refractivity contribution >= 4 is 28.9 Å². The Labute approximate surface area is 188 Å². The first-order valence-electron chi connectivity index (χ1n) is 10.7. The van der Waals surface area contributed by atoms with Crippen molar-refractivity contribution in [2.24, 2.45) is 5.92 Å². The van der Waals surface area contributed by atoms with Gasteiger partial charge in [0, 0.05) is 13.1 Å². The van der Waals surface area contributed by atoms with Gasteiger partial charge in [0.05, 0.1) is 19.2 Å². The van der Waals surface area contributed by atoms with Crippen molar-refractivity contribution in [2.75, 3.05) is 24.8 Å². The Balaban J connectivity index is 1.78. The summed E-state index contributed by atoms with van der Waals surface area (Å²) in [7, 11) is 2.94. The first-order valence-corrected chi connectivity index (χ1v) is 10.7. The van der Waals surface area contributed by atoms with Gasteiger partial charge in [-0.15, -0.1) is 0 Å². The number of rotatable bonds is 7. The standard InChI is InChI=1S/C22H25F3N6O2/c1-12(14-5-4-6-14)27-17-16-18(29-19(28-17)20(32)33-3)30-21(26-2)31(16)11-13-7-9-15(10-8-13)22(23,24)25/h7-10,12,14H,4-6,11H2,1-3H3,(H2,26,27,28,29,30)/t12-/m1/s1. The number of anilines is 2. The molecule has 0 aliphatic heterocycles. The number of esters is 1. The summed E-state index contributed by atoms with van der Waals surface area (Å²) >= 11 is 0. The van der Waals surface area contributed by atoms with E-state index >= 15 is 0 Å². The largest absolute Gasteiger partial charge is 0.463 e. The van der Waals surface area contributed by atoms with Crippen LogP contribution in [0, 0.1) is 5.92 Å². The second-order valence-corrected chi connectivity index (χ2v) is 8.15. The fourth-order valence-electron chi connectivity index (χ4n) is 3.92. The SMILES string of the molecule is CNc1nc2nc(C(=O)OC)nc(N[C@H](C)C3CCC3)c2n1Cc1ccc(C(F)(F)F)cc1. The zero-order valence-electron chi connectivity index (χ0n) is 18.5. The van der Waals surface area contributed by atoms with E-state index < -0.39 is 17.7 Å². The van der Waals surface area contributed by atoms with E-state index in [1.165, 1.54) is 25.7 Å². The molecule has 11 heteroatoms. The van der Waals surface area contributed by atoms with E-state index in [4.69, 9.17) is 4.74 Å². The number of nitrogens with zero attached hydrogens (tertiary/aromatic N) is 4. The Morgan fingerprint density at radius 3 is 2.45 bits per heavy atom. The van der Waals surface area contributed by atoms with Crippen molar-refractivity contribution in [2.45, 2.75) is 44.9 Å². The lowest BCUT2D eigenvalue weighted by atomic mass is 9.80. The highest BCUT2D eigenvalue weighted by Crippen LogP contribution is 2.33. The molecule has 0 radical (unpaired) electrons. The van der Waals surface area contributed by atoms with Crippen molar-refractivity contribution in [3.63, 3.8) is 0 Å². The molecule has 176 valence electrons. The topological polar surface area (TPSA) is 94.0 Å². The number of hydrogen-bond acceptors (Lipinski definition) is 7. The van der Waals surface area contributed by atoms with E-state index in [2.05, 4.69) is 32.5 Å². The Morgan fingerprint density at radius 2 is 1.91 bits per heavy atom. The quantitative estimate of drug-likeness (QED) is 0.505. The molecule has 1 saturated carbocycles. The molecule has 33 heavy (non-hydrogen) atoms. The minimum Gasteiger partial charge on any atom is -0.463 e. The van der Waals surface area contributed by atoms with Gasteiger partial charge in [-0.25, -0.2) is 14.8 Å². The van der Waals surface area contributed by atoms with Gasteiger partial charge in [0.15, 0.2) is 11.5 Å². The number of methoxy groups -OCH3 is 1. The molecule has 1 aliphatic carbocycles. The number of hydrogen-bond donors (Lipinski definition) is 2. The number of fused-ring (bicyclic) bond motifs is 1. The third-order valence-corrected chi connectivity index (χ3v) is 6.04. The van der Waals surface area contributed by atoms with Crippen LogP contribution in [0.1, 0.15) is 47.9 Å². The van der Waals surface area contributed by atoms with Gasteiger partial charge in [-0.2, -0.15) is 18.2 Å². The second kappa shape index (κ2) is 8.87. The molecule has 3 aromatic rings. The molecule has 4 rings (SSSR count). The maximum Gasteiger partial charge on any atom is 0.416 e. The van der Waals surface area contributed by atoms with Crippen LogP contribution >= 0.6 is 0 Å². The van der Waals surface area contributed by atoms with E-state index in [0.717, 1.165) is 25.0 Å². The molecule has 0 unspecified atom stereocenters. The van der Waals surface area contributed by atoms with Crippen LogP contribution in [0.4, 0.5) is 24.9 Å². The van der Waals surface area contributed by atoms with Gasteiger partial charge < -0.3 is 19.9 Å². The Kier molecular flexibility index (Phi) is 6.13. The first-order chi connectivity index (χ1) is 15.7. The van der Waals surface area contributed by atoms with Crippen LogP contribution in [0.5, 0.6) is 0 Å². The van der Waals surface area contributed by atoms with Crippen molar-refractivity contribution in [1.29, 1.82) is 0 Å². The highest BCUT2D eigenvalue weighted by atomic mass is 19.4. The predicted molar refractivity (Wildman–Crippen MR) is 117 cm³/mol. The number of ether oxygens (including phenoxy) is 1. The summed E-state index contributed by atoms with van der Waals surface area (Å²) in [5.41, 5.74) is 0.773. The number of aromatic nitrogens is 4. The summed E-state index contributed by atoms with van der Waals surface area (Å²) in [4.78, 5) is 25.3. The van der Waals surface area contributed by atoms with Gasteiger partial charge in [0.25, 0.3) is 0 Å². The average Bonchev–Trinajstić information content (AvgIpc) is 3.09. The molecule has 1 aromatic carbocycles. The number of benzene rings is 1. The van der Waals surface area contributed by atoms with Crippen LogP contribution in [0.15, 0.2) is 24.3 Å². The Hall–Kier alpha value is -3.37. The molecule has 1 aliphatic rings. The minimum absolute atomic E-state index is 0.106. The van der Waals surface area contributed by atoms with Gasteiger partial charge in [-0.1, -0.05) is 18.6 Å². The van der Waals surface area contributed by atoms with Crippen LogP contribution in [0.25, 0.3) is 11.2 Å². The molecule has 1 fully saturated rings. The molecule has 2 heterocycles. The summed E-state index contributed by atoms with van der Waals surface area (Å²) in [6.45, 7) is 2.30. The molecule has 0 bridgehead atoms. The lowest BCUT2D eigenvalue weighted by Gasteiger charge is -2.32. The van der Waals surface area contributed by atoms with Gasteiger partial charge in [0.2, 0.25) is 11.8 Å². The lowest BCUT2D eigenvalue weighted by Crippen LogP contribution is -2.31. The van der Waals surface area contributed by atoms with Crippen LogP contribution in [-0.4, -0.2) is 45.7 Å². The fraction of sp³-hybridized carbons (Fsp3) is 0.455. The molecular weight excluding hydrogens is 437 g/mol. The molecule has 1 atom stereocenters. The fourth-order valence-corrected chi connectivity index (χ4v) is 3.92. The third-order valence-electron chi connectivity index (χ3n) is 6.04. The summed E-state index contributed by atoms with van der Waals surface area (Å²) in [6, 6.07) is 5.08. The van der Waals surface area contributed by atoms with Gasteiger partial charge in [-0.3, -0.25) is 0 Å². The number of carbonyl (C=O) groups excluding carboxylic acids is 1. The van der Waals surface area contributed by atoms with Gasteiger partial charge in [-0.05, 0) is 43.4 Å². The van der Waals surface area contributed by atoms with Gasteiger partial charge >= 0.3 is 12.1 Å². The summed E-state index contributed by atoms with van der Waals surface area (Å²) in [5.74, 6) is 0.572. The number of halogens is 3. The summed E-state index contributed by atoms with van der Waals surface area (Å²) < 4.78 is 45.4. The number of alkyl halides is 3. The molecule has 0 amide bonds. The maximum atomic E-state index is 12.9. The highest BCUT2D eigenvalue weighted by molar-refractivity contribution is 5.92. The number of nitrogens with one attached hydrogen (secondary N) is 2. The lowest BCUT2D eigenvalue weighted by molar-refractivity contribution is -0.137. The Morgan fingerprint density at radius 1 is 1.21 bits per heavy atom. The van der Waals surface area contributed by atoms with E-state index in [1.54, 1.807) is 11.6 Å². The zero-order valence-corrected chi connectivity index (χ0v) is 18.5. The maximum absolute atomic E-state index is 12.9. The molecule has 0 spiro atoms. The molecule has 2 N–H and O–H groups in total. The second-order valence-electron chi connectivity index (χ2n) is 8.15. The van der Waals surface area contributed by atoms with E-state index in [1.807, 2.05) is 0 Å². The van der Waals surface area contributed by atoms with Crippen LogP contribution in [0.2, 0.25) is 0 Å². The summed E-state index contributed by atoms with van der Waals surface area (Å²) in [6.07, 6.45) is -1.00. The molecule has 8 nitrogen and oxygen atoms in total. The van der Waals surface area contributed by atoms with Crippen molar-refractivity contribution in [3.05, 3.63) is 41.2 Å². The first kappa shape index (κ1) is 22.8. The van der Waals surface area contributed by atoms with E-state index in [9.17, 15) is 18.0 Å². The van der Waals surface area contributed by atoms with Crippen molar-refractivity contribution in [3.8, 4) is 0 Å². The van der Waals surface area contributed by atoms with Crippen LogP contribution < -0.4 is 10.6 Å². The average molecular weight is 462 g/mol. The normalized spacial score (nSPS) is 15.2. The smallest absolute Gasteiger partial charge is 0.416 e. The molecular formula is C22H25F3N6O2. The minimum atomic E-state index is -4.40. The third kappa shape index (κ3) is 4.57.